The standard InChI is InChI=1S/C12H13NO2S/c1-8(14)11-7-13-12(16-11)6-9-4-2-3-5-10(9)15/h2-5,7-8,14-15H,6H2,1H3. The van der Waals surface area contributed by atoms with Crippen molar-refractivity contribution in [3.8, 4) is 5.75 Å². The van der Waals surface area contributed by atoms with E-state index in [1.165, 1.54) is 11.3 Å². The van der Waals surface area contributed by atoms with Crippen LogP contribution in [0.2, 0.25) is 0 Å². The second kappa shape index (κ2) is 4.63. The fourth-order valence-corrected chi connectivity index (χ4v) is 2.30. The van der Waals surface area contributed by atoms with Crippen LogP contribution in [0.5, 0.6) is 5.75 Å². The summed E-state index contributed by atoms with van der Waals surface area (Å²) in [5.41, 5.74) is 0.856. The summed E-state index contributed by atoms with van der Waals surface area (Å²) in [4.78, 5) is 5.07. The number of hydrogen-bond acceptors (Lipinski definition) is 4. The van der Waals surface area contributed by atoms with Crippen molar-refractivity contribution in [1.29, 1.82) is 0 Å². The van der Waals surface area contributed by atoms with Crippen LogP contribution in [0.15, 0.2) is 30.5 Å². The minimum atomic E-state index is -0.476. The fourth-order valence-electron chi connectivity index (χ4n) is 1.42. The number of thiazole rings is 1. The van der Waals surface area contributed by atoms with E-state index < -0.39 is 6.10 Å². The maximum Gasteiger partial charge on any atom is 0.119 e. The third kappa shape index (κ3) is 2.40. The molecule has 2 rings (SSSR count). The average molecular weight is 235 g/mol. The van der Waals surface area contributed by atoms with Gasteiger partial charge in [0.1, 0.15) is 5.75 Å². The molecule has 0 saturated heterocycles. The molecule has 0 fully saturated rings. The summed E-state index contributed by atoms with van der Waals surface area (Å²) < 4.78 is 0. The van der Waals surface area contributed by atoms with Gasteiger partial charge in [-0.1, -0.05) is 18.2 Å². The van der Waals surface area contributed by atoms with Gasteiger partial charge >= 0.3 is 0 Å². The number of para-hydroxylation sites is 1. The summed E-state index contributed by atoms with van der Waals surface area (Å²) in [6.07, 6.45) is 1.81. The number of aromatic hydroxyl groups is 1. The highest BCUT2D eigenvalue weighted by molar-refractivity contribution is 7.11. The Morgan fingerprint density at radius 3 is 2.75 bits per heavy atom. The molecule has 0 spiro atoms. The quantitative estimate of drug-likeness (QED) is 0.859. The van der Waals surface area contributed by atoms with Crippen molar-refractivity contribution in [2.24, 2.45) is 0 Å². The van der Waals surface area contributed by atoms with Crippen molar-refractivity contribution in [3.05, 3.63) is 45.9 Å². The summed E-state index contributed by atoms with van der Waals surface area (Å²) in [5.74, 6) is 0.288. The average Bonchev–Trinajstić information content (AvgIpc) is 2.70. The largest absolute Gasteiger partial charge is 0.508 e. The first-order valence-electron chi connectivity index (χ1n) is 5.06. The van der Waals surface area contributed by atoms with Gasteiger partial charge in [-0.15, -0.1) is 11.3 Å². The molecule has 2 aromatic rings. The molecule has 1 aromatic heterocycles. The first-order chi connectivity index (χ1) is 7.66. The lowest BCUT2D eigenvalue weighted by molar-refractivity contribution is 0.203. The van der Waals surface area contributed by atoms with E-state index >= 15 is 0 Å². The smallest absolute Gasteiger partial charge is 0.119 e. The third-order valence-corrected chi connectivity index (χ3v) is 3.48. The summed E-state index contributed by atoms with van der Waals surface area (Å²) in [7, 11) is 0. The van der Waals surface area contributed by atoms with E-state index in [1.807, 2.05) is 12.1 Å². The van der Waals surface area contributed by atoms with Gasteiger partial charge in [-0.2, -0.15) is 0 Å². The zero-order chi connectivity index (χ0) is 11.5. The molecule has 1 unspecified atom stereocenters. The molecule has 0 aliphatic carbocycles. The minimum Gasteiger partial charge on any atom is -0.508 e. The Kier molecular flexibility index (Phi) is 3.22. The van der Waals surface area contributed by atoms with Gasteiger partial charge in [-0.3, -0.25) is 0 Å². The molecule has 1 atom stereocenters. The zero-order valence-corrected chi connectivity index (χ0v) is 9.74. The van der Waals surface area contributed by atoms with Crippen molar-refractivity contribution in [1.82, 2.24) is 4.98 Å². The lowest BCUT2D eigenvalue weighted by Gasteiger charge is -2.01. The number of hydrogen-bond donors (Lipinski definition) is 2. The predicted molar refractivity (Wildman–Crippen MR) is 63.7 cm³/mol. The molecule has 0 bridgehead atoms. The van der Waals surface area contributed by atoms with E-state index in [0.717, 1.165) is 15.4 Å². The van der Waals surface area contributed by atoms with Crippen LogP contribution >= 0.6 is 11.3 Å². The lowest BCUT2D eigenvalue weighted by atomic mass is 10.1. The number of aliphatic hydroxyl groups excluding tert-OH is 1. The van der Waals surface area contributed by atoms with E-state index in [0.29, 0.717) is 6.42 Å². The Balaban J connectivity index is 2.18. The highest BCUT2D eigenvalue weighted by Gasteiger charge is 2.08. The van der Waals surface area contributed by atoms with Crippen LogP contribution in [0.3, 0.4) is 0 Å². The number of phenols is 1. The van der Waals surface area contributed by atoms with Crippen LogP contribution in [0.4, 0.5) is 0 Å². The summed E-state index contributed by atoms with van der Waals surface area (Å²) in [6.45, 7) is 1.72. The van der Waals surface area contributed by atoms with Crippen molar-refractivity contribution in [2.75, 3.05) is 0 Å². The normalized spacial score (nSPS) is 12.6. The highest BCUT2D eigenvalue weighted by Crippen LogP contribution is 2.25. The Morgan fingerprint density at radius 2 is 2.12 bits per heavy atom. The van der Waals surface area contributed by atoms with Crippen molar-refractivity contribution < 1.29 is 10.2 Å². The first kappa shape index (κ1) is 11.1. The van der Waals surface area contributed by atoms with Gasteiger partial charge in [0.05, 0.1) is 16.0 Å². The van der Waals surface area contributed by atoms with Gasteiger partial charge in [0, 0.05) is 18.2 Å². The van der Waals surface area contributed by atoms with E-state index in [4.69, 9.17) is 0 Å². The fraction of sp³-hybridized carbons (Fsp3) is 0.250. The maximum atomic E-state index is 9.62. The van der Waals surface area contributed by atoms with Gasteiger partial charge < -0.3 is 10.2 Å². The van der Waals surface area contributed by atoms with Gasteiger partial charge in [-0.25, -0.2) is 4.98 Å². The zero-order valence-electron chi connectivity index (χ0n) is 8.92. The molecule has 1 heterocycles. The molecule has 84 valence electrons. The number of benzene rings is 1. The minimum absolute atomic E-state index is 0.288. The number of rotatable bonds is 3. The maximum absolute atomic E-state index is 9.62. The summed E-state index contributed by atoms with van der Waals surface area (Å²) >= 11 is 1.47. The van der Waals surface area contributed by atoms with Crippen molar-refractivity contribution >= 4 is 11.3 Å². The number of phenolic OH excluding ortho intramolecular Hbond substituents is 1. The molecule has 3 nitrogen and oxygen atoms in total. The third-order valence-electron chi connectivity index (χ3n) is 2.32. The van der Waals surface area contributed by atoms with Crippen molar-refractivity contribution in [2.45, 2.75) is 19.4 Å². The lowest BCUT2D eigenvalue weighted by Crippen LogP contribution is -1.86. The first-order valence-corrected chi connectivity index (χ1v) is 5.88. The monoisotopic (exact) mass is 235 g/mol. The SMILES string of the molecule is CC(O)c1cnc(Cc2ccccc2O)s1. The van der Waals surface area contributed by atoms with Crippen LogP contribution in [0.25, 0.3) is 0 Å². The second-order valence-electron chi connectivity index (χ2n) is 3.64. The van der Waals surface area contributed by atoms with Crippen molar-refractivity contribution in [3.63, 3.8) is 0 Å². The van der Waals surface area contributed by atoms with Crippen LogP contribution in [0.1, 0.15) is 28.5 Å². The van der Waals surface area contributed by atoms with Gasteiger partial charge in [-0.05, 0) is 13.0 Å². The Hall–Kier alpha value is -1.39. The van der Waals surface area contributed by atoms with E-state index in [-0.39, 0.29) is 5.75 Å². The second-order valence-corrected chi connectivity index (χ2v) is 4.78. The Morgan fingerprint density at radius 1 is 1.38 bits per heavy atom. The van der Waals surface area contributed by atoms with E-state index in [2.05, 4.69) is 4.98 Å². The molecular formula is C12H13NO2S. The van der Waals surface area contributed by atoms with Crippen LogP contribution in [-0.2, 0) is 6.42 Å². The Labute approximate surface area is 98.0 Å². The van der Waals surface area contributed by atoms with Crippen LogP contribution < -0.4 is 0 Å². The summed E-state index contributed by atoms with van der Waals surface area (Å²) in [5, 5.41) is 19.9. The molecule has 0 amide bonds. The summed E-state index contributed by atoms with van der Waals surface area (Å²) in [6, 6.07) is 7.22. The molecule has 1 aromatic carbocycles. The molecule has 0 aliphatic heterocycles. The van der Waals surface area contributed by atoms with Gasteiger partial charge in [0.2, 0.25) is 0 Å². The highest BCUT2D eigenvalue weighted by atomic mass is 32.1. The topological polar surface area (TPSA) is 53.4 Å². The van der Waals surface area contributed by atoms with Crippen LogP contribution in [0, 0.1) is 0 Å². The number of aliphatic hydroxyl groups is 1. The van der Waals surface area contributed by atoms with Gasteiger partial charge in [0.25, 0.3) is 0 Å². The molecule has 2 N–H and O–H groups in total. The molecule has 16 heavy (non-hydrogen) atoms. The molecule has 0 aliphatic rings. The molecule has 0 saturated carbocycles. The van der Waals surface area contributed by atoms with E-state index in [9.17, 15) is 10.2 Å². The molecule has 4 heteroatoms. The Bertz CT molecular complexity index is 479. The van der Waals surface area contributed by atoms with E-state index in [1.54, 1.807) is 25.3 Å². The molecular weight excluding hydrogens is 222 g/mol. The van der Waals surface area contributed by atoms with Gasteiger partial charge in [0.15, 0.2) is 0 Å². The number of aromatic nitrogens is 1. The van der Waals surface area contributed by atoms with Crippen LogP contribution in [-0.4, -0.2) is 15.2 Å². The molecule has 0 radical (unpaired) electrons. The number of nitrogens with zero attached hydrogens (tertiary/aromatic N) is 1. The predicted octanol–water partition coefficient (Wildman–Crippen LogP) is 2.49.